The van der Waals surface area contributed by atoms with Crippen molar-refractivity contribution >= 4 is 28.4 Å². The molecule has 0 fully saturated rings. The number of H-pyrrole nitrogens is 1. The number of carbonyl (C=O) groups is 2. The number of hydrogen-bond acceptors (Lipinski definition) is 4. The Morgan fingerprint density at radius 1 is 1.32 bits per heavy atom. The minimum atomic E-state index is -1.82. The van der Waals surface area contributed by atoms with Crippen LogP contribution in [0.4, 0.5) is 0 Å². The number of nitriles is 1. The van der Waals surface area contributed by atoms with E-state index in [9.17, 15) is 0 Å². The Labute approximate surface area is 144 Å². The van der Waals surface area contributed by atoms with E-state index in [1.807, 2.05) is 18.3 Å². The summed E-state index contributed by atoms with van der Waals surface area (Å²) in [5.41, 5.74) is 4.32. The molecule has 0 unspecified atom stereocenters. The molecule has 0 bridgehead atoms. The van der Waals surface area contributed by atoms with Crippen LogP contribution in [0.25, 0.3) is 16.5 Å². The topological polar surface area (TPSA) is 117 Å². The highest BCUT2D eigenvalue weighted by Gasteiger charge is 2.15. The lowest BCUT2D eigenvalue weighted by Gasteiger charge is -2.24. The summed E-state index contributed by atoms with van der Waals surface area (Å²) in [5, 5.41) is 25.1. The van der Waals surface area contributed by atoms with Crippen LogP contribution < -0.4 is 0 Å². The van der Waals surface area contributed by atoms with Crippen molar-refractivity contribution in [3.8, 4) is 6.07 Å². The number of para-hydroxylation sites is 1. The molecule has 3 rings (SSSR count). The summed E-state index contributed by atoms with van der Waals surface area (Å²) in [7, 11) is 0. The number of likely N-dealkylation sites (N-methyl/N-ethyl adjacent to an activating group) is 1. The summed E-state index contributed by atoms with van der Waals surface area (Å²) in [6.45, 7) is 5.45. The van der Waals surface area contributed by atoms with Crippen molar-refractivity contribution in [1.82, 2.24) is 9.88 Å². The molecular formula is C18H19N3O4. The standard InChI is InChI=1S/C16H17N3.C2H2O4/c1-2-19-8-6-12(7-9-19)15-11-18-16-13(10-17)4-3-5-14(15)16;3-1(4)2(5)6/h3-6,11,18H,2,7-9H2,1H3;(H,3,4)(H,5,6). The van der Waals surface area contributed by atoms with Crippen molar-refractivity contribution in [3.05, 3.63) is 41.6 Å². The Morgan fingerprint density at radius 2 is 2.04 bits per heavy atom. The quantitative estimate of drug-likeness (QED) is 0.722. The molecule has 7 heteroatoms. The summed E-state index contributed by atoms with van der Waals surface area (Å²) >= 11 is 0. The maximum Gasteiger partial charge on any atom is 0.414 e. The van der Waals surface area contributed by atoms with Gasteiger partial charge in [-0.3, -0.25) is 4.90 Å². The van der Waals surface area contributed by atoms with Crippen LogP contribution in [-0.2, 0) is 9.59 Å². The Hall–Kier alpha value is -3.11. The first-order valence-electron chi connectivity index (χ1n) is 7.86. The van der Waals surface area contributed by atoms with Gasteiger partial charge in [-0.2, -0.15) is 5.26 Å². The van der Waals surface area contributed by atoms with Gasteiger partial charge in [0, 0.05) is 30.2 Å². The van der Waals surface area contributed by atoms with E-state index in [1.165, 1.54) is 11.1 Å². The van der Waals surface area contributed by atoms with Gasteiger partial charge in [0.05, 0.1) is 11.1 Å². The minimum Gasteiger partial charge on any atom is -0.473 e. The first kappa shape index (κ1) is 18.2. The maximum atomic E-state index is 9.13. The van der Waals surface area contributed by atoms with E-state index < -0.39 is 11.9 Å². The van der Waals surface area contributed by atoms with Gasteiger partial charge >= 0.3 is 11.9 Å². The highest BCUT2D eigenvalue weighted by molar-refractivity contribution is 6.27. The summed E-state index contributed by atoms with van der Waals surface area (Å²) in [5.74, 6) is -3.65. The number of rotatable bonds is 2. The van der Waals surface area contributed by atoms with Crippen LogP contribution in [0, 0.1) is 11.3 Å². The second-order valence-electron chi connectivity index (χ2n) is 5.53. The molecule has 0 radical (unpaired) electrons. The molecule has 1 aliphatic rings. The van der Waals surface area contributed by atoms with Gasteiger partial charge in [-0.25, -0.2) is 9.59 Å². The summed E-state index contributed by atoms with van der Waals surface area (Å²) in [6, 6.07) is 8.15. The molecule has 1 aliphatic heterocycles. The van der Waals surface area contributed by atoms with E-state index >= 15 is 0 Å². The van der Waals surface area contributed by atoms with Crippen LogP contribution in [0.1, 0.15) is 24.5 Å². The summed E-state index contributed by atoms with van der Waals surface area (Å²) in [4.78, 5) is 23.9. The fourth-order valence-electron chi connectivity index (χ4n) is 2.76. The number of nitrogens with one attached hydrogen (secondary N) is 1. The molecular weight excluding hydrogens is 322 g/mol. The van der Waals surface area contributed by atoms with E-state index in [4.69, 9.17) is 25.1 Å². The minimum absolute atomic E-state index is 0.718. The number of aromatic amines is 1. The van der Waals surface area contributed by atoms with Gasteiger partial charge in [0.25, 0.3) is 0 Å². The van der Waals surface area contributed by atoms with E-state index in [0.29, 0.717) is 0 Å². The van der Waals surface area contributed by atoms with Crippen molar-refractivity contribution in [3.63, 3.8) is 0 Å². The monoisotopic (exact) mass is 341 g/mol. The van der Waals surface area contributed by atoms with Gasteiger partial charge < -0.3 is 15.2 Å². The van der Waals surface area contributed by atoms with Gasteiger partial charge in [-0.05, 0) is 24.6 Å². The zero-order valence-electron chi connectivity index (χ0n) is 13.8. The Kier molecular flexibility index (Phi) is 5.93. The lowest BCUT2D eigenvalue weighted by atomic mass is 9.98. The second kappa shape index (κ2) is 8.13. The van der Waals surface area contributed by atoms with Crippen LogP contribution in [0.15, 0.2) is 30.5 Å². The van der Waals surface area contributed by atoms with Gasteiger partial charge in [0.2, 0.25) is 0 Å². The molecule has 0 saturated heterocycles. The average Bonchev–Trinajstić information content (AvgIpc) is 3.06. The molecule has 0 saturated carbocycles. The Bertz CT molecular complexity index is 849. The Morgan fingerprint density at radius 3 is 2.56 bits per heavy atom. The van der Waals surface area contributed by atoms with Crippen LogP contribution in [0.2, 0.25) is 0 Å². The zero-order chi connectivity index (χ0) is 18.4. The second-order valence-corrected chi connectivity index (χ2v) is 5.53. The van der Waals surface area contributed by atoms with Crippen LogP contribution in [0.5, 0.6) is 0 Å². The number of carboxylic acids is 2. The van der Waals surface area contributed by atoms with E-state index in [1.54, 1.807) is 0 Å². The summed E-state index contributed by atoms with van der Waals surface area (Å²) < 4.78 is 0. The molecule has 3 N–H and O–H groups in total. The number of hydrogen-bond donors (Lipinski definition) is 3. The number of aliphatic carboxylic acids is 2. The van der Waals surface area contributed by atoms with E-state index in [0.717, 1.165) is 42.5 Å². The van der Waals surface area contributed by atoms with Crippen molar-refractivity contribution in [2.24, 2.45) is 0 Å². The third-order valence-electron chi connectivity index (χ3n) is 4.11. The molecule has 2 aromatic rings. The summed E-state index contributed by atoms with van der Waals surface area (Å²) in [6.07, 6.45) is 5.44. The molecule has 0 atom stereocenters. The zero-order valence-corrected chi connectivity index (χ0v) is 13.8. The molecule has 2 heterocycles. The number of benzene rings is 1. The smallest absolute Gasteiger partial charge is 0.414 e. The molecule has 0 amide bonds. The molecule has 25 heavy (non-hydrogen) atoms. The number of aromatic nitrogens is 1. The van der Waals surface area contributed by atoms with Gasteiger partial charge in [-0.15, -0.1) is 0 Å². The number of nitrogens with zero attached hydrogens (tertiary/aromatic N) is 2. The van der Waals surface area contributed by atoms with Gasteiger partial charge in [-0.1, -0.05) is 25.1 Å². The highest BCUT2D eigenvalue weighted by Crippen LogP contribution is 2.30. The van der Waals surface area contributed by atoms with Gasteiger partial charge in [0.1, 0.15) is 6.07 Å². The molecule has 0 aliphatic carbocycles. The predicted octanol–water partition coefficient (Wildman–Crippen LogP) is 2.30. The maximum absolute atomic E-state index is 9.13. The first-order chi connectivity index (χ1) is 12.0. The fourth-order valence-corrected chi connectivity index (χ4v) is 2.76. The van der Waals surface area contributed by atoms with Crippen LogP contribution in [-0.4, -0.2) is 51.7 Å². The fraction of sp³-hybridized carbons (Fsp3) is 0.278. The highest BCUT2D eigenvalue weighted by atomic mass is 16.4. The SMILES string of the molecule is CCN1CC=C(c2c[nH]c3c(C#N)cccc23)CC1.O=C(O)C(=O)O. The molecule has 1 aromatic heterocycles. The molecule has 7 nitrogen and oxygen atoms in total. The van der Waals surface area contributed by atoms with Crippen molar-refractivity contribution in [1.29, 1.82) is 5.26 Å². The van der Waals surface area contributed by atoms with Gasteiger partial charge in [0.15, 0.2) is 0 Å². The van der Waals surface area contributed by atoms with E-state index in [-0.39, 0.29) is 0 Å². The molecule has 1 aromatic carbocycles. The third kappa shape index (κ3) is 4.25. The lowest BCUT2D eigenvalue weighted by Crippen LogP contribution is -2.27. The number of carboxylic acid groups (broad SMARTS) is 2. The third-order valence-corrected chi connectivity index (χ3v) is 4.11. The molecule has 130 valence electrons. The van der Waals surface area contributed by atoms with Crippen LogP contribution >= 0.6 is 0 Å². The van der Waals surface area contributed by atoms with Crippen molar-refractivity contribution in [2.75, 3.05) is 19.6 Å². The predicted molar refractivity (Wildman–Crippen MR) is 93.0 cm³/mol. The normalized spacial score (nSPS) is 14.2. The van der Waals surface area contributed by atoms with Crippen molar-refractivity contribution in [2.45, 2.75) is 13.3 Å². The van der Waals surface area contributed by atoms with Crippen molar-refractivity contribution < 1.29 is 19.8 Å². The van der Waals surface area contributed by atoms with Crippen LogP contribution in [0.3, 0.4) is 0 Å². The van der Waals surface area contributed by atoms with E-state index in [2.05, 4.69) is 35.0 Å². The first-order valence-corrected chi connectivity index (χ1v) is 7.86. The Balaban J connectivity index is 0.000000326. The molecule has 0 spiro atoms. The lowest BCUT2D eigenvalue weighted by molar-refractivity contribution is -0.159. The average molecular weight is 341 g/mol. The largest absolute Gasteiger partial charge is 0.473 e. The number of fused-ring (bicyclic) bond motifs is 1.